The molecule has 0 spiro atoms. The van der Waals surface area contributed by atoms with Crippen LogP contribution < -0.4 is 0 Å². The maximum Gasteiger partial charge on any atom is 0.0704 e. The average Bonchev–Trinajstić information content (AvgIpc) is 3.23. The summed E-state index contributed by atoms with van der Waals surface area (Å²) in [6.07, 6.45) is 7.04. The van der Waals surface area contributed by atoms with E-state index in [1.807, 2.05) is 18.5 Å². The molecule has 1 aliphatic carbocycles. The van der Waals surface area contributed by atoms with Crippen molar-refractivity contribution in [1.29, 1.82) is 0 Å². The molecule has 1 saturated carbocycles. The molecule has 1 aliphatic rings. The Labute approximate surface area is 345 Å². The van der Waals surface area contributed by atoms with Gasteiger partial charge in [0.05, 0.1) is 11.4 Å². The van der Waals surface area contributed by atoms with Gasteiger partial charge in [-0.25, -0.2) is 0 Å². The number of hydrogen-bond donors (Lipinski definition) is 0. The SMILES string of the molecule is CC(C)(C)c1ccnc(-c2ccc(-c3ccccc3C3CC(c4ccccc4Cl)CC(c4ccccc4-c4ccc(-c5cc(C(C)(C)C)ccn5)cc4)C3)cc2)c1. The molecule has 2 nitrogen and oxygen atoms in total. The number of benzene rings is 5. The quantitative estimate of drug-likeness (QED) is 0.162. The van der Waals surface area contributed by atoms with Crippen LogP contribution in [0, 0.1) is 0 Å². The molecule has 1 fully saturated rings. The van der Waals surface area contributed by atoms with Crippen molar-refractivity contribution in [3.8, 4) is 44.8 Å². The van der Waals surface area contributed by atoms with Crippen LogP contribution in [0.3, 0.4) is 0 Å². The lowest BCUT2D eigenvalue weighted by Gasteiger charge is -2.37. The third-order valence-corrected chi connectivity index (χ3v) is 12.4. The van der Waals surface area contributed by atoms with Crippen molar-refractivity contribution in [2.75, 3.05) is 0 Å². The molecule has 57 heavy (non-hydrogen) atoms. The lowest BCUT2D eigenvalue weighted by atomic mass is 9.67. The van der Waals surface area contributed by atoms with E-state index in [0.29, 0.717) is 17.8 Å². The first kappa shape index (κ1) is 38.6. The van der Waals surface area contributed by atoms with Crippen LogP contribution in [0.4, 0.5) is 0 Å². The molecule has 0 amide bonds. The van der Waals surface area contributed by atoms with Crippen LogP contribution in [-0.4, -0.2) is 9.97 Å². The molecule has 5 aromatic carbocycles. The first-order valence-electron chi connectivity index (χ1n) is 20.5. The van der Waals surface area contributed by atoms with Crippen molar-refractivity contribution < 1.29 is 0 Å². The largest absolute Gasteiger partial charge is 0.256 e. The van der Waals surface area contributed by atoms with Crippen molar-refractivity contribution in [2.24, 2.45) is 0 Å². The summed E-state index contributed by atoms with van der Waals surface area (Å²) in [4.78, 5) is 9.48. The minimum atomic E-state index is 0.0677. The smallest absolute Gasteiger partial charge is 0.0704 e. The molecule has 0 bridgehead atoms. The van der Waals surface area contributed by atoms with E-state index in [4.69, 9.17) is 21.6 Å². The Balaban J connectivity index is 1.13. The Bertz CT molecular complexity index is 2330. The molecular formula is C54H53ClN2. The second-order valence-electron chi connectivity index (χ2n) is 18.0. The molecule has 286 valence electrons. The molecule has 0 saturated heterocycles. The Kier molecular flexibility index (Phi) is 10.8. The van der Waals surface area contributed by atoms with Gasteiger partial charge in [0.15, 0.2) is 0 Å². The van der Waals surface area contributed by atoms with E-state index in [2.05, 4.69) is 181 Å². The second kappa shape index (κ2) is 15.9. The van der Waals surface area contributed by atoms with Gasteiger partial charge >= 0.3 is 0 Å². The predicted molar refractivity (Wildman–Crippen MR) is 241 cm³/mol. The van der Waals surface area contributed by atoms with Gasteiger partial charge in [-0.2, -0.15) is 0 Å². The maximum absolute atomic E-state index is 6.99. The van der Waals surface area contributed by atoms with E-state index < -0.39 is 0 Å². The number of pyridine rings is 2. The van der Waals surface area contributed by atoms with E-state index in [9.17, 15) is 0 Å². The highest BCUT2D eigenvalue weighted by atomic mass is 35.5. The van der Waals surface area contributed by atoms with Gasteiger partial charge < -0.3 is 0 Å². The van der Waals surface area contributed by atoms with E-state index in [1.165, 1.54) is 50.1 Å². The summed E-state index contributed by atoms with van der Waals surface area (Å²) in [5.74, 6) is 1.03. The Morgan fingerprint density at radius 1 is 0.421 bits per heavy atom. The summed E-state index contributed by atoms with van der Waals surface area (Å²) in [6.45, 7) is 13.5. The molecule has 2 atom stereocenters. The molecule has 8 rings (SSSR count). The van der Waals surface area contributed by atoms with Gasteiger partial charge in [0.25, 0.3) is 0 Å². The van der Waals surface area contributed by atoms with Gasteiger partial charge in [0.1, 0.15) is 0 Å². The van der Waals surface area contributed by atoms with Crippen LogP contribution in [0.5, 0.6) is 0 Å². The molecule has 7 aromatic rings. The highest BCUT2D eigenvalue weighted by Gasteiger charge is 2.34. The highest BCUT2D eigenvalue weighted by Crippen LogP contribution is 2.52. The summed E-state index contributed by atoms with van der Waals surface area (Å²) < 4.78 is 0. The molecular weight excluding hydrogens is 712 g/mol. The van der Waals surface area contributed by atoms with Crippen LogP contribution >= 0.6 is 11.6 Å². The van der Waals surface area contributed by atoms with Gasteiger partial charge in [0.2, 0.25) is 0 Å². The molecule has 0 aliphatic heterocycles. The fourth-order valence-corrected chi connectivity index (χ4v) is 9.16. The van der Waals surface area contributed by atoms with Gasteiger partial charge in [-0.15, -0.1) is 0 Å². The fraction of sp³-hybridized carbons (Fsp3) is 0.259. The van der Waals surface area contributed by atoms with Crippen LogP contribution in [0.2, 0.25) is 5.02 Å². The zero-order valence-electron chi connectivity index (χ0n) is 34.1. The first-order valence-corrected chi connectivity index (χ1v) is 20.9. The summed E-state index contributed by atoms with van der Waals surface area (Å²) in [5.41, 5.74) is 16.2. The van der Waals surface area contributed by atoms with E-state index in [-0.39, 0.29) is 10.8 Å². The lowest BCUT2D eigenvalue weighted by molar-refractivity contribution is 0.352. The number of halogens is 1. The number of hydrogen-bond acceptors (Lipinski definition) is 2. The zero-order valence-corrected chi connectivity index (χ0v) is 34.9. The molecule has 3 heteroatoms. The van der Waals surface area contributed by atoms with E-state index >= 15 is 0 Å². The monoisotopic (exact) mass is 764 g/mol. The normalized spacial score (nSPS) is 17.4. The fourth-order valence-electron chi connectivity index (χ4n) is 8.87. The first-order chi connectivity index (χ1) is 27.4. The van der Waals surface area contributed by atoms with E-state index in [1.54, 1.807) is 0 Å². The van der Waals surface area contributed by atoms with Crippen LogP contribution in [0.15, 0.2) is 158 Å². The molecule has 0 radical (unpaired) electrons. The minimum absolute atomic E-state index is 0.0677. The van der Waals surface area contributed by atoms with Crippen molar-refractivity contribution in [3.63, 3.8) is 0 Å². The van der Waals surface area contributed by atoms with Crippen LogP contribution in [-0.2, 0) is 10.8 Å². The lowest BCUT2D eigenvalue weighted by Crippen LogP contribution is -2.21. The molecule has 2 unspecified atom stereocenters. The number of rotatable bonds is 7. The number of aromatic nitrogens is 2. The third kappa shape index (κ3) is 8.39. The summed E-state index contributed by atoms with van der Waals surface area (Å²) >= 11 is 6.99. The van der Waals surface area contributed by atoms with Gasteiger partial charge in [-0.05, 0) is 128 Å². The van der Waals surface area contributed by atoms with Crippen LogP contribution in [0.1, 0.15) is 106 Å². The molecule has 2 aromatic heterocycles. The Hall–Kier alpha value is -5.31. The van der Waals surface area contributed by atoms with Crippen molar-refractivity contribution in [3.05, 3.63) is 191 Å². The average molecular weight is 765 g/mol. The topological polar surface area (TPSA) is 25.8 Å². The number of nitrogens with zero attached hydrogens (tertiary/aromatic N) is 2. The van der Waals surface area contributed by atoms with Gasteiger partial charge in [0, 0.05) is 28.5 Å². The Morgan fingerprint density at radius 2 is 0.772 bits per heavy atom. The maximum atomic E-state index is 6.99. The molecule has 2 heterocycles. The zero-order chi connectivity index (χ0) is 39.7. The molecule has 0 N–H and O–H groups in total. The second-order valence-corrected chi connectivity index (χ2v) is 18.4. The summed E-state index contributed by atoms with van der Waals surface area (Å²) in [5, 5.41) is 0.864. The predicted octanol–water partition coefficient (Wildman–Crippen LogP) is 15.2. The van der Waals surface area contributed by atoms with Crippen LogP contribution in [0.25, 0.3) is 44.8 Å². The van der Waals surface area contributed by atoms with E-state index in [0.717, 1.165) is 46.8 Å². The van der Waals surface area contributed by atoms with Crippen molar-refractivity contribution >= 4 is 11.6 Å². The summed E-state index contributed by atoms with van der Waals surface area (Å²) in [6, 6.07) is 53.4. The van der Waals surface area contributed by atoms with Crippen molar-refractivity contribution in [2.45, 2.75) is 89.4 Å². The minimum Gasteiger partial charge on any atom is -0.256 e. The van der Waals surface area contributed by atoms with Gasteiger partial charge in [-0.1, -0.05) is 168 Å². The highest BCUT2D eigenvalue weighted by molar-refractivity contribution is 6.31. The standard InChI is InChI=1S/C54H53ClN2/c1-53(2,3)43-27-29-56-51(34-43)38-23-19-36(20-24-38)45-13-7-9-15-47(45)40-31-41(33-42(32-40)49-17-11-12-18-50(49)55)48-16-10-8-14-46(48)37-21-25-39(26-22-37)52-35-44(28-30-57-52)54(4,5)6/h7-30,34-35,40-42H,31-33H2,1-6H3. The Morgan fingerprint density at radius 3 is 1.18 bits per heavy atom. The van der Waals surface area contributed by atoms with Crippen molar-refractivity contribution in [1.82, 2.24) is 9.97 Å². The third-order valence-electron chi connectivity index (χ3n) is 12.1. The summed E-state index contributed by atoms with van der Waals surface area (Å²) in [7, 11) is 0. The van der Waals surface area contributed by atoms with Gasteiger partial charge in [-0.3, -0.25) is 9.97 Å².